The highest BCUT2D eigenvalue weighted by Crippen LogP contribution is 2.39. The molecule has 0 unspecified atom stereocenters. The van der Waals surface area contributed by atoms with Gasteiger partial charge < -0.3 is 5.32 Å². The molecule has 108 valence electrons. The summed E-state index contributed by atoms with van der Waals surface area (Å²) in [5, 5.41) is 5.01. The Labute approximate surface area is 127 Å². The summed E-state index contributed by atoms with van der Waals surface area (Å²) in [6.45, 7) is 8.58. The number of likely N-dealkylation sites (N-methyl/N-ethyl adjacent to an activating group) is 1. The van der Waals surface area contributed by atoms with E-state index in [1.165, 1.54) is 5.56 Å². The number of nitrogens with one attached hydrogen (secondary N) is 1. The van der Waals surface area contributed by atoms with E-state index in [0.717, 1.165) is 43.8 Å². The molecule has 0 aliphatic carbocycles. The van der Waals surface area contributed by atoms with Crippen LogP contribution in [0.15, 0.2) is 18.2 Å². The van der Waals surface area contributed by atoms with Crippen LogP contribution in [0.1, 0.15) is 52.0 Å². The van der Waals surface area contributed by atoms with Crippen molar-refractivity contribution >= 4 is 23.2 Å². The Kier molecular flexibility index (Phi) is 7.20. The highest BCUT2D eigenvalue weighted by Gasteiger charge is 2.31. The molecule has 0 fully saturated rings. The highest BCUT2D eigenvalue weighted by molar-refractivity contribution is 6.35. The Morgan fingerprint density at radius 1 is 1.05 bits per heavy atom. The van der Waals surface area contributed by atoms with Crippen molar-refractivity contribution in [3.05, 3.63) is 33.8 Å². The van der Waals surface area contributed by atoms with Gasteiger partial charge in [0.25, 0.3) is 0 Å². The van der Waals surface area contributed by atoms with Gasteiger partial charge in [-0.1, -0.05) is 62.9 Å². The summed E-state index contributed by atoms with van der Waals surface area (Å²) in [4.78, 5) is 0. The number of halogens is 2. The van der Waals surface area contributed by atoms with Crippen molar-refractivity contribution in [3.8, 4) is 0 Å². The molecule has 0 spiro atoms. The predicted octanol–water partition coefficient (Wildman–Crippen LogP) is 5.44. The molecule has 1 aromatic carbocycles. The average Bonchev–Trinajstić information content (AvgIpc) is 2.36. The van der Waals surface area contributed by atoms with E-state index in [1.807, 2.05) is 12.1 Å². The van der Waals surface area contributed by atoms with E-state index in [2.05, 4.69) is 32.2 Å². The maximum absolute atomic E-state index is 6.45. The van der Waals surface area contributed by atoms with E-state index in [1.54, 1.807) is 0 Å². The summed E-state index contributed by atoms with van der Waals surface area (Å²) >= 11 is 12.5. The van der Waals surface area contributed by atoms with Crippen molar-refractivity contribution < 1.29 is 0 Å². The molecule has 0 atom stereocenters. The first-order valence-electron chi connectivity index (χ1n) is 7.26. The van der Waals surface area contributed by atoms with Crippen molar-refractivity contribution in [1.29, 1.82) is 0 Å². The lowest BCUT2D eigenvalue weighted by molar-refractivity contribution is 0.338. The summed E-state index contributed by atoms with van der Waals surface area (Å²) in [5.74, 6) is 0. The number of benzene rings is 1. The summed E-state index contributed by atoms with van der Waals surface area (Å²) in [6.07, 6.45) is 4.61. The van der Waals surface area contributed by atoms with Crippen LogP contribution in [0.4, 0.5) is 0 Å². The fraction of sp³-hybridized carbons (Fsp3) is 0.625. The van der Waals surface area contributed by atoms with Crippen LogP contribution in [0.2, 0.25) is 10.0 Å². The molecule has 0 amide bonds. The molecule has 1 rings (SSSR count). The first-order chi connectivity index (χ1) is 9.09. The van der Waals surface area contributed by atoms with Gasteiger partial charge in [0.15, 0.2) is 0 Å². The van der Waals surface area contributed by atoms with Crippen molar-refractivity contribution in [1.82, 2.24) is 5.32 Å². The molecule has 0 bridgehead atoms. The largest absolute Gasteiger partial charge is 0.316 e. The molecule has 0 aromatic heterocycles. The smallest absolute Gasteiger partial charge is 0.0458 e. The molecule has 19 heavy (non-hydrogen) atoms. The van der Waals surface area contributed by atoms with Crippen LogP contribution in [0.5, 0.6) is 0 Å². The van der Waals surface area contributed by atoms with Crippen LogP contribution in [-0.4, -0.2) is 13.1 Å². The van der Waals surface area contributed by atoms with E-state index in [0.29, 0.717) is 5.02 Å². The van der Waals surface area contributed by atoms with Crippen LogP contribution >= 0.6 is 23.2 Å². The van der Waals surface area contributed by atoms with Gasteiger partial charge in [-0.2, -0.15) is 0 Å². The molecule has 0 heterocycles. The summed E-state index contributed by atoms with van der Waals surface area (Å²) < 4.78 is 0. The Bertz CT molecular complexity index is 384. The lowest BCUT2D eigenvalue weighted by Gasteiger charge is -2.35. The van der Waals surface area contributed by atoms with Gasteiger partial charge in [-0.15, -0.1) is 0 Å². The summed E-state index contributed by atoms with van der Waals surface area (Å²) in [5.41, 5.74) is 1.37. The molecule has 0 radical (unpaired) electrons. The Morgan fingerprint density at radius 3 is 2.16 bits per heavy atom. The zero-order valence-corrected chi connectivity index (χ0v) is 13.7. The molecule has 1 nitrogen and oxygen atoms in total. The van der Waals surface area contributed by atoms with Gasteiger partial charge in [0, 0.05) is 22.0 Å². The fourth-order valence-electron chi connectivity index (χ4n) is 2.91. The molecule has 0 saturated carbocycles. The Balaban J connectivity index is 3.17. The van der Waals surface area contributed by atoms with Crippen LogP contribution < -0.4 is 5.32 Å². The van der Waals surface area contributed by atoms with Crippen LogP contribution in [0.3, 0.4) is 0 Å². The highest BCUT2D eigenvalue weighted by atomic mass is 35.5. The maximum Gasteiger partial charge on any atom is 0.0458 e. The maximum atomic E-state index is 6.45. The molecular weight excluding hydrogens is 277 g/mol. The molecule has 0 aliphatic heterocycles. The SMILES string of the molecule is CCCC(CCC)(CNCC)c1ccc(Cl)cc1Cl. The first kappa shape index (κ1) is 16.8. The van der Waals surface area contributed by atoms with Gasteiger partial charge in [0.1, 0.15) is 0 Å². The van der Waals surface area contributed by atoms with E-state index in [-0.39, 0.29) is 5.41 Å². The molecule has 0 saturated heterocycles. The second kappa shape index (κ2) is 8.14. The van der Waals surface area contributed by atoms with E-state index < -0.39 is 0 Å². The van der Waals surface area contributed by atoms with Gasteiger partial charge in [-0.3, -0.25) is 0 Å². The van der Waals surface area contributed by atoms with Crippen LogP contribution in [0.25, 0.3) is 0 Å². The Hall–Kier alpha value is -0.240. The quantitative estimate of drug-likeness (QED) is 0.674. The van der Waals surface area contributed by atoms with Crippen LogP contribution in [0, 0.1) is 0 Å². The van der Waals surface area contributed by atoms with E-state index in [4.69, 9.17) is 23.2 Å². The van der Waals surface area contributed by atoms with Crippen LogP contribution in [-0.2, 0) is 5.41 Å². The zero-order valence-electron chi connectivity index (χ0n) is 12.2. The third-order valence-electron chi connectivity index (χ3n) is 3.67. The molecular formula is C16H25Cl2N. The molecule has 0 aliphatic rings. The minimum absolute atomic E-state index is 0.126. The summed E-state index contributed by atoms with van der Waals surface area (Å²) in [7, 11) is 0. The van der Waals surface area contributed by atoms with Crippen molar-refractivity contribution in [2.75, 3.05) is 13.1 Å². The average molecular weight is 302 g/mol. The minimum Gasteiger partial charge on any atom is -0.316 e. The zero-order chi connectivity index (χ0) is 14.3. The second-order valence-electron chi connectivity index (χ2n) is 5.18. The lowest BCUT2D eigenvalue weighted by Crippen LogP contribution is -2.38. The molecule has 1 aromatic rings. The number of hydrogen-bond acceptors (Lipinski definition) is 1. The van der Waals surface area contributed by atoms with Gasteiger partial charge >= 0.3 is 0 Å². The van der Waals surface area contributed by atoms with Gasteiger partial charge in [0.2, 0.25) is 0 Å². The van der Waals surface area contributed by atoms with Crippen molar-refractivity contribution in [2.45, 2.75) is 51.9 Å². The van der Waals surface area contributed by atoms with E-state index >= 15 is 0 Å². The third kappa shape index (κ3) is 4.37. The Morgan fingerprint density at radius 2 is 1.68 bits per heavy atom. The third-order valence-corrected chi connectivity index (χ3v) is 4.22. The normalized spacial score (nSPS) is 11.8. The van der Waals surface area contributed by atoms with Gasteiger partial charge in [0.05, 0.1) is 0 Å². The minimum atomic E-state index is 0.126. The van der Waals surface area contributed by atoms with Crippen molar-refractivity contribution in [3.63, 3.8) is 0 Å². The van der Waals surface area contributed by atoms with Gasteiger partial charge in [-0.25, -0.2) is 0 Å². The fourth-order valence-corrected chi connectivity index (χ4v) is 3.52. The molecule has 3 heteroatoms. The van der Waals surface area contributed by atoms with Crippen molar-refractivity contribution in [2.24, 2.45) is 0 Å². The summed E-state index contributed by atoms with van der Waals surface area (Å²) in [6, 6.07) is 5.92. The predicted molar refractivity (Wildman–Crippen MR) is 86.5 cm³/mol. The van der Waals surface area contributed by atoms with Gasteiger partial charge in [-0.05, 0) is 37.1 Å². The number of hydrogen-bond donors (Lipinski definition) is 1. The standard InChI is InChI=1S/C16H25Cl2N/c1-4-9-16(10-5-2,12-19-6-3)14-8-7-13(17)11-15(14)18/h7-8,11,19H,4-6,9-10,12H2,1-3H3. The number of rotatable bonds is 8. The monoisotopic (exact) mass is 301 g/mol. The lowest BCUT2D eigenvalue weighted by atomic mass is 9.73. The van der Waals surface area contributed by atoms with E-state index in [9.17, 15) is 0 Å². The first-order valence-corrected chi connectivity index (χ1v) is 8.01. The molecule has 1 N–H and O–H groups in total. The second-order valence-corrected chi connectivity index (χ2v) is 6.03. The topological polar surface area (TPSA) is 12.0 Å².